The van der Waals surface area contributed by atoms with Crippen LogP contribution < -0.4 is 10.6 Å². The Morgan fingerprint density at radius 3 is 2.79 bits per heavy atom. The summed E-state index contributed by atoms with van der Waals surface area (Å²) in [4.78, 5) is 24.3. The van der Waals surface area contributed by atoms with E-state index in [4.69, 9.17) is 4.74 Å². The fourth-order valence-electron chi connectivity index (χ4n) is 2.93. The maximum Gasteiger partial charge on any atom is 0.410 e. The molecule has 1 aromatic heterocycles. The third-order valence-corrected chi connectivity index (χ3v) is 5.01. The summed E-state index contributed by atoms with van der Waals surface area (Å²) in [7, 11) is 0. The van der Waals surface area contributed by atoms with Crippen LogP contribution >= 0.6 is 35.3 Å². The zero-order valence-electron chi connectivity index (χ0n) is 17.6. The normalized spacial score (nSPS) is 17.7. The summed E-state index contributed by atoms with van der Waals surface area (Å²) in [5, 5.41) is 7.70. The van der Waals surface area contributed by atoms with E-state index >= 15 is 0 Å². The molecule has 0 spiro atoms. The van der Waals surface area contributed by atoms with Gasteiger partial charge in [-0.1, -0.05) is 0 Å². The van der Waals surface area contributed by atoms with Crippen LogP contribution in [0.3, 0.4) is 0 Å². The Morgan fingerprint density at radius 2 is 2.18 bits per heavy atom. The van der Waals surface area contributed by atoms with Crippen molar-refractivity contribution < 1.29 is 9.53 Å². The molecule has 28 heavy (non-hydrogen) atoms. The molecule has 1 amide bonds. The SMILES string of the molecule is CCNC(=NCc1ncc(C)s1)NCC1CCCN(C(=O)OC(C)(C)C)C1.I. The summed E-state index contributed by atoms with van der Waals surface area (Å²) in [5.74, 6) is 1.18. The first-order chi connectivity index (χ1) is 12.8. The lowest BCUT2D eigenvalue weighted by Crippen LogP contribution is -2.47. The molecule has 1 fully saturated rings. The summed E-state index contributed by atoms with van der Waals surface area (Å²) in [5.41, 5.74) is -0.457. The van der Waals surface area contributed by atoms with E-state index in [1.807, 2.05) is 38.8 Å². The molecule has 0 aromatic carbocycles. The number of carbonyl (C=O) groups is 1. The number of hydrogen-bond acceptors (Lipinski definition) is 5. The topological polar surface area (TPSA) is 78.9 Å². The van der Waals surface area contributed by atoms with E-state index in [0.717, 1.165) is 43.4 Å². The minimum Gasteiger partial charge on any atom is -0.444 e. The molecule has 1 atom stereocenters. The summed E-state index contributed by atoms with van der Waals surface area (Å²) in [6.45, 7) is 13.4. The number of rotatable bonds is 5. The number of thiazole rings is 1. The summed E-state index contributed by atoms with van der Waals surface area (Å²) >= 11 is 1.67. The van der Waals surface area contributed by atoms with Crippen LogP contribution in [0.5, 0.6) is 0 Å². The number of likely N-dealkylation sites (tertiary alicyclic amines) is 1. The number of aromatic nitrogens is 1. The van der Waals surface area contributed by atoms with Crippen molar-refractivity contribution >= 4 is 47.4 Å². The number of halogens is 1. The molecule has 1 aliphatic rings. The van der Waals surface area contributed by atoms with E-state index in [0.29, 0.717) is 19.0 Å². The van der Waals surface area contributed by atoms with Gasteiger partial charge in [-0.15, -0.1) is 35.3 Å². The number of piperidine rings is 1. The van der Waals surface area contributed by atoms with E-state index < -0.39 is 5.60 Å². The van der Waals surface area contributed by atoms with Crippen molar-refractivity contribution in [3.63, 3.8) is 0 Å². The molecule has 1 aromatic rings. The third kappa shape index (κ3) is 8.93. The molecule has 1 aliphatic heterocycles. The van der Waals surface area contributed by atoms with Crippen molar-refractivity contribution in [2.24, 2.45) is 10.9 Å². The molecular formula is C19H34IN5O2S. The van der Waals surface area contributed by atoms with Crippen LogP contribution in [0.2, 0.25) is 0 Å². The first-order valence-electron chi connectivity index (χ1n) is 9.68. The quantitative estimate of drug-likeness (QED) is 0.349. The summed E-state index contributed by atoms with van der Waals surface area (Å²) in [6.07, 6.45) is 3.75. The summed E-state index contributed by atoms with van der Waals surface area (Å²) in [6, 6.07) is 0. The fraction of sp³-hybridized carbons (Fsp3) is 0.737. The van der Waals surface area contributed by atoms with Gasteiger partial charge in [-0.2, -0.15) is 0 Å². The number of carbonyl (C=O) groups excluding carboxylic acids is 1. The Labute approximate surface area is 189 Å². The third-order valence-electron chi connectivity index (χ3n) is 4.11. The minimum atomic E-state index is -0.457. The lowest BCUT2D eigenvalue weighted by molar-refractivity contribution is 0.0168. The highest BCUT2D eigenvalue weighted by atomic mass is 127. The largest absolute Gasteiger partial charge is 0.444 e. The van der Waals surface area contributed by atoms with Gasteiger partial charge in [0.25, 0.3) is 0 Å². The van der Waals surface area contributed by atoms with Crippen molar-refractivity contribution in [1.82, 2.24) is 20.5 Å². The molecule has 0 aliphatic carbocycles. The van der Waals surface area contributed by atoms with Gasteiger partial charge in [-0.05, 0) is 53.4 Å². The number of nitrogens with zero attached hydrogens (tertiary/aromatic N) is 3. The number of aliphatic imine (C=N–C) groups is 1. The van der Waals surface area contributed by atoms with E-state index in [1.165, 1.54) is 4.88 Å². The van der Waals surface area contributed by atoms with E-state index in [2.05, 4.69) is 27.5 Å². The minimum absolute atomic E-state index is 0. The van der Waals surface area contributed by atoms with Gasteiger partial charge in [0, 0.05) is 37.3 Å². The lowest BCUT2D eigenvalue weighted by atomic mass is 9.98. The Hall–Kier alpha value is -1.10. The van der Waals surface area contributed by atoms with E-state index in [9.17, 15) is 4.79 Å². The van der Waals surface area contributed by atoms with E-state index in [-0.39, 0.29) is 30.1 Å². The van der Waals surface area contributed by atoms with Crippen LogP contribution in [-0.4, -0.2) is 53.7 Å². The highest BCUT2D eigenvalue weighted by Gasteiger charge is 2.27. The predicted octanol–water partition coefficient (Wildman–Crippen LogP) is 3.77. The summed E-state index contributed by atoms with van der Waals surface area (Å²) < 4.78 is 5.50. The molecule has 0 saturated carbocycles. The number of aryl methyl sites for hydroxylation is 1. The van der Waals surface area contributed by atoms with Crippen LogP contribution in [0.25, 0.3) is 0 Å². The van der Waals surface area contributed by atoms with Gasteiger partial charge in [-0.3, -0.25) is 0 Å². The smallest absolute Gasteiger partial charge is 0.410 e. The van der Waals surface area contributed by atoms with Crippen LogP contribution in [0.15, 0.2) is 11.2 Å². The number of nitrogens with one attached hydrogen (secondary N) is 2. The van der Waals surface area contributed by atoms with Gasteiger partial charge >= 0.3 is 6.09 Å². The van der Waals surface area contributed by atoms with Crippen molar-refractivity contribution in [1.29, 1.82) is 0 Å². The first kappa shape index (κ1) is 24.9. The second-order valence-corrected chi connectivity index (χ2v) is 9.19. The van der Waals surface area contributed by atoms with Crippen LogP contribution in [0.4, 0.5) is 4.79 Å². The van der Waals surface area contributed by atoms with Crippen LogP contribution in [0.1, 0.15) is 50.4 Å². The molecule has 1 unspecified atom stereocenters. The van der Waals surface area contributed by atoms with Gasteiger partial charge in [0.2, 0.25) is 0 Å². The van der Waals surface area contributed by atoms with Crippen molar-refractivity contribution in [3.05, 3.63) is 16.1 Å². The first-order valence-corrected chi connectivity index (χ1v) is 10.5. The molecule has 2 heterocycles. The zero-order valence-corrected chi connectivity index (χ0v) is 20.7. The maximum atomic E-state index is 12.3. The molecule has 2 rings (SSSR count). The van der Waals surface area contributed by atoms with Gasteiger partial charge < -0.3 is 20.3 Å². The molecule has 9 heteroatoms. The van der Waals surface area contributed by atoms with Gasteiger partial charge in [0.05, 0.1) is 6.54 Å². The Morgan fingerprint density at radius 1 is 1.43 bits per heavy atom. The molecular weight excluding hydrogens is 489 g/mol. The van der Waals surface area contributed by atoms with Gasteiger partial charge in [-0.25, -0.2) is 14.8 Å². The Kier molecular flexibility index (Phi) is 10.5. The predicted molar refractivity (Wildman–Crippen MR) is 126 cm³/mol. The monoisotopic (exact) mass is 523 g/mol. The standard InChI is InChI=1S/C19H33N5O2S.HI/c1-6-20-17(23-12-16-21-10-14(2)27-16)22-11-15-8-7-9-24(13-15)18(25)26-19(3,4)5;/h10,15H,6-9,11-13H2,1-5H3,(H2,20,22,23);1H. The average molecular weight is 523 g/mol. The van der Waals surface area contributed by atoms with Crippen LogP contribution in [-0.2, 0) is 11.3 Å². The fourth-order valence-corrected chi connectivity index (χ4v) is 3.64. The highest BCUT2D eigenvalue weighted by Crippen LogP contribution is 2.19. The molecule has 0 radical (unpaired) electrons. The maximum absolute atomic E-state index is 12.3. The van der Waals surface area contributed by atoms with Gasteiger partial charge in [0.15, 0.2) is 5.96 Å². The second-order valence-electron chi connectivity index (χ2n) is 7.88. The Bertz CT molecular complexity index is 645. The number of guanidine groups is 1. The molecule has 1 saturated heterocycles. The number of ether oxygens (including phenoxy) is 1. The molecule has 0 bridgehead atoms. The Balaban J connectivity index is 0.00000392. The van der Waals surface area contributed by atoms with Gasteiger partial charge in [0.1, 0.15) is 10.6 Å². The van der Waals surface area contributed by atoms with E-state index in [1.54, 1.807) is 11.3 Å². The molecule has 7 nitrogen and oxygen atoms in total. The average Bonchev–Trinajstić information content (AvgIpc) is 3.01. The van der Waals surface area contributed by atoms with Crippen molar-refractivity contribution in [3.8, 4) is 0 Å². The highest BCUT2D eigenvalue weighted by molar-refractivity contribution is 14.0. The molecule has 2 N–H and O–H groups in total. The molecule has 160 valence electrons. The number of amides is 1. The van der Waals surface area contributed by atoms with Crippen LogP contribution in [0, 0.1) is 12.8 Å². The van der Waals surface area contributed by atoms with Crippen molar-refractivity contribution in [2.75, 3.05) is 26.2 Å². The van der Waals surface area contributed by atoms with Crippen molar-refractivity contribution in [2.45, 2.75) is 59.6 Å². The zero-order chi connectivity index (χ0) is 19.9. The number of hydrogen-bond donors (Lipinski definition) is 2. The lowest BCUT2D eigenvalue weighted by Gasteiger charge is -2.34. The second kappa shape index (κ2) is 11.8.